The lowest BCUT2D eigenvalue weighted by atomic mass is 9.82. The number of rotatable bonds is 3. The summed E-state index contributed by atoms with van der Waals surface area (Å²) in [6, 6.07) is 5.58. The van der Waals surface area contributed by atoms with E-state index in [1.165, 1.54) is 10.4 Å². The molecule has 32 heavy (non-hydrogen) atoms. The molecule has 5 nitrogen and oxygen atoms in total. The number of fused-ring (bicyclic) bond motifs is 2. The van der Waals surface area contributed by atoms with Crippen molar-refractivity contribution in [2.24, 2.45) is 0 Å². The number of carboxylic acid groups (broad SMARTS) is 1. The first-order valence-electron chi connectivity index (χ1n) is 10.9. The molecule has 0 saturated heterocycles. The Morgan fingerprint density at radius 2 is 2.16 bits per heavy atom. The fraction of sp³-hybridized carbons (Fsp3) is 0.440. The first-order valence-corrected chi connectivity index (χ1v) is 12.1. The van der Waals surface area contributed by atoms with Gasteiger partial charge in [-0.3, -0.25) is 0 Å². The number of halogens is 1. The lowest BCUT2D eigenvalue weighted by Gasteiger charge is -2.31. The van der Waals surface area contributed by atoms with E-state index < -0.39 is 17.7 Å². The smallest absolute Gasteiger partial charge is 0.337 e. The molecule has 1 aromatic carbocycles. The number of pyridine rings is 1. The fourth-order valence-corrected chi connectivity index (χ4v) is 6.48. The maximum Gasteiger partial charge on any atom is 0.337 e. The molecule has 7 heteroatoms. The highest BCUT2D eigenvalue weighted by Gasteiger charge is 2.37. The highest BCUT2D eigenvalue weighted by molar-refractivity contribution is 7.19. The van der Waals surface area contributed by atoms with Crippen molar-refractivity contribution >= 4 is 39.1 Å². The molecule has 2 aromatic heterocycles. The Balaban J connectivity index is 1.92. The number of benzene rings is 1. The minimum absolute atomic E-state index is 0.252. The summed E-state index contributed by atoms with van der Waals surface area (Å²) in [5.74, 6) is -0.100. The van der Waals surface area contributed by atoms with Crippen LogP contribution in [0.5, 0.6) is 5.75 Å². The van der Waals surface area contributed by atoms with Gasteiger partial charge in [-0.25, -0.2) is 9.78 Å². The molecule has 3 aromatic rings. The van der Waals surface area contributed by atoms with Crippen LogP contribution in [0.2, 0.25) is 5.02 Å². The zero-order valence-electron chi connectivity index (χ0n) is 18.6. The van der Waals surface area contributed by atoms with Crippen LogP contribution < -0.4 is 4.74 Å². The molecule has 2 atom stereocenters. The number of ether oxygens (including phenoxy) is 2. The van der Waals surface area contributed by atoms with Gasteiger partial charge in [-0.2, -0.15) is 0 Å². The van der Waals surface area contributed by atoms with Gasteiger partial charge in [0, 0.05) is 43.6 Å². The standard InChI is InChI=1S/C25H26ClNO4S/c1-12-18(22(24(28)29)31-25(2,3)4)20-15-9-8-14(26)10-16(15)30-11-13-6-5-7-17-19(13)21(20)23(27-12)32-17/h8-10,13,22H,5-7,11H2,1-4H3,(H,28,29)/t13?,22-/m0/s1. The van der Waals surface area contributed by atoms with Crippen LogP contribution in [0.15, 0.2) is 18.2 Å². The topological polar surface area (TPSA) is 68.7 Å². The van der Waals surface area contributed by atoms with Crippen LogP contribution in [0, 0.1) is 6.92 Å². The quantitative estimate of drug-likeness (QED) is 0.461. The SMILES string of the molecule is Cc1nc2sc3c4c2c(c1[C@H](OC(C)(C)C)C(=O)O)-c1ccc(Cl)cc1OCC4CCC3. The third kappa shape index (κ3) is 3.58. The van der Waals surface area contributed by atoms with E-state index >= 15 is 0 Å². The number of aryl methyl sites for hydroxylation is 2. The van der Waals surface area contributed by atoms with Crippen LogP contribution in [0.3, 0.4) is 0 Å². The van der Waals surface area contributed by atoms with Crippen molar-refractivity contribution in [2.75, 3.05) is 6.61 Å². The Bertz CT molecular complexity index is 1240. The van der Waals surface area contributed by atoms with Crippen LogP contribution in [0.1, 0.15) is 67.3 Å². The summed E-state index contributed by atoms with van der Waals surface area (Å²) in [6.45, 7) is 8.05. The molecule has 5 rings (SSSR count). The molecule has 0 radical (unpaired) electrons. The zero-order valence-corrected chi connectivity index (χ0v) is 20.2. The second-order valence-electron chi connectivity index (χ2n) is 9.59. The first kappa shape index (κ1) is 21.7. The maximum absolute atomic E-state index is 12.5. The van der Waals surface area contributed by atoms with Gasteiger partial charge in [0.1, 0.15) is 10.6 Å². The highest BCUT2D eigenvalue weighted by Crippen LogP contribution is 2.52. The average Bonchev–Trinajstić information content (AvgIpc) is 3.06. The van der Waals surface area contributed by atoms with Crippen LogP contribution >= 0.6 is 22.9 Å². The van der Waals surface area contributed by atoms with Gasteiger partial charge in [0.05, 0.1) is 12.2 Å². The monoisotopic (exact) mass is 471 g/mol. The van der Waals surface area contributed by atoms with Crippen molar-refractivity contribution in [3.05, 3.63) is 44.9 Å². The second kappa shape index (κ2) is 7.72. The van der Waals surface area contributed by atoms with Crippen LogP contribution in [0.25, 0.3) is 21.3 Å². The van der Waals surface area contributed by atoms with E-state index in [9.17, 15) is 9.90 Å². The molecular weight excluding hydrogens is 446 g/mol. The molecule has 1 aliphatic carbocycles. The Hall–Kier alpha value is -2.15. The van der Waals surface area contributed by atoms with Gasteiger partial charge in [-0.05, 0) is 70.7 Å². The number of thiophene rings is 1. The largest absolute Gasteiger partial charge is 0.492 e. The minimum atomic E-state index is -1.15. The molecule has 0 bridgehead atoms. The van der Waals surface area contributed by atoms with Crippen molar-refractivity contribution in [3.63, 3.8) is 0 Å². The van der Waals surface area contributed by atoms with Crippen molar-refractivity contribution in [2.45, 2.75) is 64.6 Å². The summed E-state index contributed by atoms with van der Waals surface area (Å²) >= 11 is 8.05. The molecule has 1 N–H and O–H groups in total. The van der Waals surface area contributed by atoms with Gasteiger partial charge in [0.25, 0.3) is 0 Å². The second-order valence-corrected chi connectivity index (χ2v) is 11.1. The van der Waals surface area contributed by atoms with E-state index in [1.807, 2.05) is 45.9 Å². The molecule has 0 fully saturated rings. The number of hydrogen-bond donors (Lipinski definition) is 1. The van der Waals surface area contributed by atoms with E-state index in [4.69, 9.17) is 26.1 Å². The molecular formula is C25H26ClNO4S. The summed E-state index contributed by atoms with van der Waals surface area (Å²) in [6.07, 6.45) is 2.03. The van der Waals surface area contributed by atoms with E-state index in [-0.39, 0.29) is 5.92 Å². The molecule has 3 heterocycles. The average molecular weight is 472 g/mol. The summed E-state index contributed by atoms with van der Waals surface area (Å²) in [7, 11) is 0. The van der Waals surface area contributed by atoms with Crippen molar-refractivity contribution in [1.82, 2.24) is 4.98 Å². The number of aliphatic carboxylic acids is 1. The maximum atomic E-state index is 12.5. The Kier molecular flexibility index (Phi) is 5.23. The fourth-order valence-electron chi connectivity index (χ4n) is 4.96. The van der Waals surface area contributed by atoms with Crippen molar-refractivity contribution in [3.8, 4) is 16.9 Å². The summed E-state index contributed by atoms with van der Waals surface area (Å²) in [5.41, 5.74) is 3.60. The van der Waals surface area contributed by atoms with Crippen LogP contribution in [-0.2, 0) is 16.0 Å². The van der Waals surface area contributed by atoms with E-state index in [0.717, 1.165) is 40.6 Å². The molecule has 1 unspecified atom stereocenters. The summed E-state index contributed by atoms with van der Waals surface area (Å²) < 4.78 is 12.4. The molecule has 0 spiro atoms. The Morgan fingerprint density at radius 3 is 2.88 bits per heavy atom. The summed E-state index contributed by atoms with van der Waals surface area (Å²) in [5, 5.41) is 11.9. The van der Waals surface area contributed by atoms with Gasteiger partial charge >= 0.3 is 5.97 Å². The van der Waals surface area contributed by atoms with E-state index in [0.29, 0.717) is 28.6 Å². The lowest BCUT2D eigenvalue weighted by Crippen LogP contribution is -2.28. The number of hydrogen-bond acceptors (Lipinski definition) is 5. The van der Waals surface area contributed by atoms with Crippen molar-refractivity contribution < 1.29 is 19.4 Å². The highest BCUT2D eigenvalue weighted by atomic mass is 35.5. The van der Waals surface area contributed by atoms with Gasteiger partial charge in [-0.15, -0.1) is 11.3 Å². The summed E-state index contributed by atoms with van der Waals surface area (Å²) in [4.78, 5) is 19.7. The van der Waals surface area contributed by atoms with E-state index in [1.54, 1.807) is 11.3 Å². The third-order valence-electron chi connectivity index (χ3n) is 6.16. The first-order chi connectivity index (χ1) is 15.1. The van der Waals surface area contributed by atoms with Gasteiger partial charge in [0.2, 0.25) is 0 Å². The zero-order chi connectivity index (χ0) is 22.8. The molecule has 168 valence electrons. The normalized spacial score (nSPS) is 18.5. The Labute approximate surface area is 196 Å². The number of carbonyl (C=O) groups is 1. The van der Waals surface area contributed by atoms with Crippen molar-refractivity contribution in [1.29, 1.82) is 0 Å². The van der Waals surface area contributed by atoms with Crippen LogP contribution in [0.4, 0.5) is 0 Å². The molecule has 0 amide bonds. The number of nitrogens with zero attached hydrogens (tertiary/aromatic N) is 1. The Morgan fingerprint density at radius 1 is 1.38 bits per heavy atom. The molecule has 2 aliphatic rings. The predicted octanol–water partition coefficient (Wildman–Crippen LogP) is 6.68. The van der Waals surface area contributed by atoms with Gasteiger partial charge < -0.3 is 14.6 Å². The minimum Gasteiger partial charge on any atom is -0.492 e. The number of aromatic nitrogens is 1. The molecule has 0 saturated carbocycles. The van der Waals surface area contributed by atoms with Gasteiger partial charge in [-0.1, -0.05) is 11.6 Å². The third-order valence-corrected chi connectivity index (χ3v) is 7.55. The van der Waals surface area contributed by atoms with Gasteiger partial charge in [0.15, 0.2) is 6.10 Å². The number of carboxylic acids is 1. The molecule has 1 aliphatic heterocycles. The lowest BCUT2D eigenvalue weighted by molar-refractivity contribution is -0.160. The van der Waals surface area contributed by atoms with Crippen LogP contribution in [-0.4, -0.2) is 28.3 Å². The predicted molar refractivity (Wildman–Crippen MR) is 127 cm³/mol. The van der Waals surface area contributed by atoms with E-state index in [2.05, 4.69) is 0 Å².